The lowest BCUT2D eigenvalue weighted by atomic mass is 10.3. The molecule has 0 spiro atoms. The number of likely N-dealkylation sites (N-methyl/N-ethyl adjacent to an activating group) is 1. The van der Waals surface area contributed by atoms with Crippen LogP contribution in [-0.2, 0) is 0 Å². The zero-order valence-corrected chi connectivity index (χ0v) is 11.2. The molecule has 0 bridgehead atoms. The van der Waals surface area contributed by atoms with Crippen molar-refractivity contribution in [2.45, 2.75) is 19.8 Å². The Morgan fingerprint density at radius 3 is 2.71 bits per heavy atom. The molecule has 0 saturated heterocycles. The first kappa shape index (κ1) is 13.8. The summed E-state index contributed by atoms with van der Waals surface area (Å²) in [5.41, 5.74) is 1.09. The number of nitrogens with one attached hydrogen (secondary N) is 1. The Bertz CT molecular complexity index is 313. The van der Waals surface area contributed by atoms with E-state index in [2.05, 4.69) is 37.3 Å². The molecule has 1 N–H and O–H groups in total. The molecule has 0 fully saturated rings. The van der Waals surface area contributed by atoms with E-state index in [4.69, 9.17) is 4.74 Å². The third kappa shape index (κ3) is 5.59. The van der Waals surface area contributed by atoms with Crippen LogP contribution in [0.1, 0.15) is 19.8 Å². The van der Waals surface area contributed by atoms with E-state index in [-0.39, 0.29) is 0 Å². The van der Waals surface area contributed by atoms with Gasteiger partial charge < -0.3 is 15.0 Å². The van der Waals surface area contributed by atoms with Gasteiger partial charge >= 0.3 is 0 Å². The smallest absolute Gasteiger partial charge is 0.142 e. The predicted molar refractivity (Wildman–Crippen MR) is 73.9 cm³/mol. The van der Waals surface area contributed by atoms with Crippen LogP contribution in [0, 0.1) is 0 Å². The van der Waals surface area contributed by atoms with Gasteiger partial charge in [0, 0.05) is 13.1 Å². The first-order valence-electron chi connectivity index (χ1n) is 6.34. The van der Waals surface area contributed by atoms with Gasteiger partial charge in [-0.1, -0.05) is 25.5 Å². The molecule has 0 aliphatic rings. The molecule has 0 aromatic heterocycles. The largest absolute Gasteiger partial charge is 0.491 e. The van der Waals surface area contributed by atoms with Gasteiger partial charge in [-0.2, -0.15) is 0 Å². The first-order chi connectivity index (χ1) is 8.24. The van der Waals surface area contributed by atoms with Crippen molar-refractivity contribution in [3.8, 4) is 5.75 Å². The van der Waals surface area contributed by atoms with Crippen molar-refractivity contribution in [2.75, 3.05) is 39.1 Å². The highest BCUT2D eigenvalue weighted by Crippen LogP contribution is 2.23. The molecule has 0 heterocycles. The number of nitrogens with zero attached hydrogens (tertiary/aromatic N) is 1. The Labute approximate surface area is 105 Å². The van der Waals surface area contributed by atoms with E-state index in [0.29, 0.717) is 0 Å². The molecule has 0 saturated carbocycles. The zero-order chi connectivity index (χ0) is 12.5. The van der Waals surface area contributed by atoms with Crippen LogP contribution in [0.5, 0.6) is 5.75 Å². The lowest BCUT2D eigenvalue weighted by Gasteiger charge is -2.15. The fraction of sp³-hybridized carbons (Fsp3) is 0.571. The van der Waals surface area contributed by atoms with Gasteiger partial charge in [-0.15, -0.1) is 0 Å². The Morgan fingerprint density at radius 2 is 2.00 bits per heavy atom. The Kier molecular flexibility index (Phi) is 6.48. The fourth-order valence-corrected chi connectivity index (χ4v) is 1.48. The molecule has 0 aliphatic heterocycles. The van der Waals surface area contributed by atoms with Crippen LogP contribution in [0.15, 0.2) is 24.3 Å². The summed E-state index contributed by atoms with van der Waals surface area (Å²) >= 11 is 0. The van der Waals surface area contributed by atoms with Crippen LogP contribution in [0.3, 0.4) is 0 Å². The van der Waals surface area contributed by atoms with Crippen LogP contribution < -0.4 is 10.1 Å². The van der Waals surface area contributed by atoms with Crippen molar-refractivity contribution in [3.63, 3.8) is 0 Å². The second-order valence-electron chi connectivity index (χ2n) is 4.43. The fourth-order valence-electron chi connectivity index (χ4n) is 1.48. The molecule has 0 amide bonds. The van der Waals surface area contributed by atoms with Gasteiger partial charge in [0.1, 0.15) is 5.75 Å². The molecular formula is C14H24N2O. The standard InChI is InChI=1S/C14H24N2O/c1-4-5-12-17-14-9-7-6-8-13(14)15-10-11-16(2)3/h6-9,15H,4-5,10-12H2,1-3H3. The SMILES string of the molecule is CCCCOc1ccccc1NCCN(C)C. The van der Waals surface area contributed by atoms with Gasteiger partial charge in [0.05, 0.1) is 12.3 Å². The number of benzene rings is 1. The minimum Gasteiger partial charge on any atom is -0.491 e. The van der Waals surface area contributed by atoms with Crippen molar-refractivity contribution in [2.24, 2.45) is 0 Å². The summed E-state index contributed by atoms with van der Waals surface area (Å²) in [6, 6.07) is 8.13. The van der Waals surface area contributed by atoms with E-state index in [1.165, 1.54) is 0 Å². The van der Waals surface area contributed by atoms with E-state index in [1.54, 1.807) is 0 Å². The topological polar surface area (TPSA) is 24.5 Å². The molecule has 1 aromatic rings. The van der Waals surface area contributed by atoms with Gasteiger partial charge in [0.25, 0.3) is 0 Å². The molecule has 17 heavy (non-hydrogen) atoms. The summed E-state index contributed by atoms with van der Waals surface area (Å²) in [5, 5.41) is 3.40. The Balaban J connectivity index is 2.46. The van der Waals surface area contributed by atoms with Crippen molar-refractivity contribution in [1.29, 1.82) is 0 Å². The summed E-state index contributed by atoms with van der Waals surface area (Å²) in [6.45, 7) is 4.91. The van der Waals surface area contributed by atoms with E-state index < -0.39 is 0 Å². The van der Waals surface area contributed by atoms with Gasteiger partial charge in [-0.25, -0.2) is 0 Å². The van der Waals surface area contributed by atoms with E-state index in [1.807, 2.05) is 18.2 Å². The van der Waals surface area contributed by atoms with Crippen LogP contribution in [0.4, 0.5) is 5.69 Å². The zero-order valence-electron chi connectivity index (χ0n) is 11.2. The van der Waals surface area contributed by atoms with E-state index >= 15 is 0 Å². The summed E-state index contributed by atoms with van der Waals surface area (Å²) < 4.78 is 5.76. The molecule has 3 heteroatoms. The molecule has 1 aromatic carbocycles. The lowest BCUT2D eigenvalue weighted by molar-refractivity contribution is 0.310. The maximum absolute atomic E-state index is 5.76. The second-order valence-corrected chi connectivity index (χ2v) is 4.43. The monoisotopic (exact) mass is 236 g/mol. The molecular weight excluding hydrogens is 212 g/mol. The molecule has 0 aliphatic carbocycles. The van der Waals surface area contributed by atoms with Crippen LogP contribution in [0.2, 0.25) is 0 Å². The number of anilines is 1. The first-order valence-corrected chi connectivity index (χ1v) is 6.34. The van der Waals surface area contributed by atoms with Crippen molar-refractivity contribution < 1.29 is 4.74 Å². The van der Waals surface area contributed by atoms with E-state index in [9.17, 15) is 0 Å². The second kappa shape index (κ2) is 7.96. The molecule has 1 rings (SSSR count). The highest BCUT2D eigenvalue weighted by molar-refractivity contribution is 5.56. The minimum absolute atomic E-state index is 0.795. The van der Waals surface area contributed by atoms with E-state index in [0.717, 1.165) is 44.0 Å². The van der Waals surface area contributed by atoms with Gasteiger partial charge in [0.2, 0.25) is 0 Å². The number of ether oxygens (including phenoxy) is 1. The normalized spacial score (nSPS) is 10.6. The quantitative estimate of drug-likeness (QED) is 0.702. The van der Waals surface area contributed by atoms with Gasteiger partial charge in [-0.3, -0.25) is 0 Å². The third-order valence-corrected chi connectivity index (χ3v) is 2.52. The van der Waals surface area contributed by atoms with Crippen LogP contribution in [-0.4, -0.2) is 38.7 Å². The molecule has 0 unspecified atom stereocenters. The number of hydrogen-bond acceptors (Lipinski definition) is 3. The summed E-state index contributed by atoms with van der Waals surface area (Å²) in [5.74, 6) is 0.958. The summed E-state index contributed by atoms with van der Waals surface area (Å²) in [7, 11) is 4.15. The van der Waals surface area contributed by atoms with Crippen LogP contribution in [0.25, 0.3) is 0 Å². The average molecular weight is 236 g/mol. The summed E-state index contributed by atoms with van der Waals surface area (Å²) in [4.78, 5) is 2.16. The number of hydrogen-bond donors (Lipinski definition) is 1. The van der Waals surface area contributed by atoms with Gasteiger partial charge in [-0.05, 0) is 32.6 Å². The number of para-hydroxylation sites is 2. The van der Waals surface area contributed by atoms with Crippen LogP contribution >= 0.6 is 0 Å². The number of unbranched alkanes of at least 4 members (excludes halogenated alkanes) is 1. The highest BCUT2D eigenvalue weighted by atomic mass is 16.5. The molecule has 96 valence electrons. The predicted octanol–water partition coefficient (Wildman–Crippen LogP) is 2.84. The maximum Gasteiger partial charge on any atom is 0.142 e. The van der Waals surface area contributed by atoms with Crippen molar-refractivity contribution in [3.05, 3.63) is 24.3 Å². The maximum atomic E-state index is 5.76. The highest BCUT2D eigenvalue weighted by Gasteiger charge is 2.01. The molecule has 0 atom stereocenters. The average Bonchev–Trinajstić information content (AvgIpc) is 2.31. The van der Waals surface area contributed by atoms with Crippen molar-refractivity contribution in [1.82, 2.24) is 4.90 Å². The number of rotatable bonds is 8. The van der Waals surface area contributed by atoms with Crippen molar-refractivity contribution >= 4 is 5.69 Å². The Hall–Kier alpha value is -1.22. The lowest BCUT2D eigenvalue weighted by Crippen LogP contribution is -2.21. The van der Waals surface area contributed by atoms with Gasteiger partial charge in [0.15, 0.2) is 0 Å². The third-order valence-electron chi connectivity index (χ3n) is 2.52. The Morgan fingerprint density at radius 1 is 1.24 bits per heavy atom. The summed E-state index contributed by atoms with van der Waals surface area (Å²) in [6.07, 6.45) is 2.27. The molecule has 3 nitrogen and oxygen atoms in total. The molecule has 0 radical (unpaired) electrons. The minimum atomic E-state index is 0.795.